The molecule has 0 saturated heterocycles. The lowest BCUT2D eigenvalue weighted by molar-refractivity contribution is -0.150. The smallest absolute Gasteiger partial charge is 0.408 e. The van der Waals surface area contributed by atoms with Gasteiger partial charge in [-0.25, -0.2) is 9.59 Å². The van der Waals surface area contributed by atoms with E-state index in [0.29, 0.717) is 12.3 Å². The van der Waals surface area contributed by atoms with Gasteiger partial charge in [0.2, 0.25) is 5.91 Å². The zero-order valence-corrected chi connectivity index (χ0v) is 20.7. The summed E-state index contributed by atoms with van der Waals surface area (Å²) in [5.74, 6) is -0.359. The fourth-order valence-corrected chi connectivity index (χ4v) is 3.91. The van der Waals surface area contributed by atoms with Gasteiger partial charge in [-0.05, 0) is 58.9 Å². The van der Waals surface area contributed by atoms with Crippen LogP contribution < -0.4 is 10.6 Å². The van der Waals surface area contributed by atoms with Crippen molar-refractivity contribution in [1.29, 1.82) is 0 Å². The summed E-state index contributed by atoms with van der Waals surface area (Å²) in [5.41, 5.74) is -1.05. The molecule has 0 bridgehead atoms. The van der Waals surface area contributed by atoms with Crippen molar-refractivity contribution >= 4 is 18.0 Å². The molecule has 2 N–H and O–H groups in total. The molecule has 1 atom stereocenters. The van der Waals surface area contributed by atoms with E-state index >= 15 is 0 Å². The number of carbonyl (C=O) groups excluding carboxylic acids is 3. The Labute approximate surface area is 198 Å². The van der Waals surface area contributed by atoms with Crippen molar-refractivity contribution < 1.29 is 23.9 Å². The molecule has 1 aliphatic carbocycles. The number of amides is 2. The number of benzene rings is 1. The van der Waals surface area contributed by atoms with Crippen LogP contribution in [0.1, 0.15) is 85.1 Å². The van der Waals surface area contributed by atoms with Crippen molar-refractivity contribution in [3.05, 3.63) is 35.9 Å². The summed E-state index contributed by atoms with van der Waals surface area (Å²) < 4.78 is 10.8. The molecule has 2 amide bonds. The van der Waals surface area contributed by atoms with Crippen LogP contribution in [-0.2, 0) is 25.7 Å². The SMILES string of the molecule is CC(C)(C)OC(=O)NC(C)(C)C(=O)N[C@H](CCC1CCCCC1)C(=O)OCc1ccccc1. The minimum absolute atomic E-state index is 0.148. The number of nitrogens with one attached hydrogen (secondary N) is 2. The van der Waals surface area contributed by atoms with Crippen LogP contribution in [0.4, 0.5) is 4.79 Å². The summed E-state index contributed by atoms with van der Waals surface area (Å²) in [6.07, 6.45) is 6.68. The summed E-state index contributed by atoms with van der Waals surface area (Å²) in [6, 6.07) is 8.67. The van der Waals surface area contributed by atoms with E-state index < -0.39 is 35.2 Å². The Bertz CT molecular complexity index is 780. The van der Waals surface area contributed by atoms with Crippen LogP contribution in [0.15, 0.2) is 30.3 Å². The Morgan fingerprint density at radius 1 is 1.00 bits per heavy atom. The molecule has 1 aliphatic rings. The first-order valence-corrected chi connectivity index (χ1v) is 12.0. The van der Waals surface area contributed by atoms with Crippen molar-refractivity contribution in [2.75, 3.05) is 0 Å². The van der Waals surface area contributed by atoms with Gasteiger partial charge in [0.25, 0.3) is 0 Å². The van der Waals surface area contributed by atoms with E-state index in [-0.39, 0.29) is 6.61 Å². The van der Waals surface area contributed by atoms with E-state index in [1.165, 1.54) is 19.3 Å². The Hall–Kier alpha value is -2.57. The van der Waals surface area contributed by atoms with E-state index in [4.69, 9.17) is 9.47 Å². The van der Waals surface area contributed by atoms with Gasteiger partial charge in [-0.15, -0.1) is 0 Å². The molecule has 0 aromatic heterocycles. The second kappa shape index (κ2) is 12.1. The number of carbonyl (C=O) groups is 3. The normalized spacial score (nSPS) is 15.9. The summed E-state index contributed by atoms with van der Waals surface area (Å²) in [5, 5.41) is 5.41. The third-order valence-corrected chi connectivity index (χ3v) is 5.78. The van der Waals surface area contributed by atoms with Crippen LogP contribution in [-0.4, -0.2) is 35.2 Å². The monoisotopic (exact) mass is 460 g/mol. The van der Waals surface area contributed by atoms with Gasteiger partial charge in [0.1, 0.15) is 23.8 Å². The quantitative estimate of drug-likeness (QED) is 0.512. The molecule has 7 heteroatoms. The number of hydrogen-bond donors (Lipinski definition) is 2. The molecule has 0 spiro atoms. The van der Waals surface area contributed by atoms with Crippen LogP contribution in [0.2, 0.25) is 0 Å². The van der Waals surface area contributed by atoms with E-state index in [1.807, 2.05) is 30.3 Å². The van der Waals surface area contributed by atoms with Gasteiger partial charge in [-0.1, -0.05) is 62.4 Å². The lowest BCUT2D eigenvalue weighted by Crippen LogP contribution is -2.58. The Morgan fingerprint density at radius 3 is 2.24 bits per heavy atom. The predicted molar refractivity (Wildman–Crippen MR) is 127 cm³/mol. The topological polar surface area (TPSA) is 93.7 Å². The van der Waals surface area contributed by atoms with Crippen molar-refractivity contribution in [3.63, 3.8) is 0 Å². The van der Waals surface area contributed by atoms with Crippen LogP contribution >= 0.6 is 0 Å². The molecule has 1 aromatic carbocycles. The number of ether oxygens (including phenoxy) is 2. The highest BCUT2D eigenvalue weighted by Crippen LogP contribution is 2.28. The standard InChI is InChI=1S/C26H40N2O5/c1-25(2,3)33-24(31)28-26(4,5)23(30)27-21(17-16-19-12-8-6-9-13-19)22(29)32-18-20-14-10-7-11-15-20/h7,10-11,14-15,19,21H,6,8-9,12-13,16-18H2,1-5H3,(H,27,30)(H,28,31)/t21-/m1/s1. The highest BCUT2D eigenvalue weighted by Gasteiger charge is 2.35. The number of esters is 1. The van der Waals surface area contributed by atoms with Gasteiger partial charge in [0, 0.05) is 0 Å². The minimum atomic E-state index is -1.26. The molecule has 33 heavy (non-hydrogen) atoms. The maximum absolute atomic E-state index is 13.0. The van der Waals surface area contributed by atoms with Crippen LogP contribution in [0.25, 0.3) is 0 Å². The molecule has 184 valence electrons. The summed E-state index contributed by atoms with van der Waals surface area (Å²) in [4.78, 5) is 38.1. The summed E-state index contributed by atoms with van der Waals surface area (Å²) in [7, 11) is 0. The highest BCUT2D eigenvalue weighted by molar-refractivity contribution is 5.92. The Morgan fingerprint density at radius 2 is 1.64 bits per heavy atom. The lowest BCUT2D eigenvalue weighted by atomic mass is 9.85. The van der Waals surface area contributed by atoms with Gasteiger partial charge in [-0.3, -0.25) is 4.79 Å². The van der Waals surface area contributed by atoms with Crippen LogP contribution in [0, 0.1) is 5.92 Å². The average Bonchev–Trinajstić information content (AvgIpc) is 2.74. The first kappa shape index (κ1) is 26.7. The van der Waals surface area contributed by atoms with E-state index in [9.17, 15) is 14.4 Å². The van der Waals surface area contributed by atoms with Gasteiger partial charge < -0.3 is 20.1 Å². The number of hydrogen-bond acceptors (Lipinski definition) is 5. The fraction of sp³-hybridized carbons (Fsp3) is 0.654. The highest BCUT2D eigenvalue weighted by atomic mass is 16.6. The van der Waals surface area contributed by atoms with E-state index in [1.54, 1.807) is 34.6 Å². The summed E-state index contributed by atoms with van der Waals surface area (Å²) >= 11 is 0. The first-order valence-electron chi connectivity index (χ1n) is 12.0. The van der Waals surface area contributed by atoms with Crippen LogP contribution in [0.5, 0.6) is 0 Å². The third kappa shape index (κ3) is 9.84. The molecule has 1 fully saturated rings. The molecule has 0 unspecified atom stereocenters. The maximum Gasteiger partial charge on any atom is 0.408 e. The molecule has 0 aliphatic heterocycles. The zero-order valence-electron chi connectivity index (χ0n) is 20.7. The molecular weight excluding hydrogens is 420 g/mol. The second-order valence-electron chi connectivity index (χ2n) is 10.5. The largest absolute Gasteiger partial charge is 0.459 e. The Kier molecular flexibility index (Phi) is 9.74. The lowest BCUT2D eigenvalue weighted by Gasteiger charge is -2.30. The van der Waals surface area contributed by atoms with Gasteiger partial charge >= 0.3 is 12.1 Å². The average molecular weight is 461 g/mol. The van der Waals surface area contributed by atoms with Crippen molar-refractivity contribution in [1.82, 2.24) is 10.6 Å². The van der Waals surface area contributed by atoms with Crippen molar-refractivity contribution in [2.24, 2.45) is 5.92 Å². The zero-order chi connectivity index (χ0) is 24.5. The van der Waals surface area contributed by atoms with E-state index in [0.717, 1.165) is 24.8 Å². The third-order valence-electron chi connectivity index (χ3n) is 5.78. The molecule has 0 radical (unpaired) electrons. The molecular formula is C26H40N2O5. The molecule has 7 nitrogen and oxygen atoms in total. The fourth-order valence-electron chi connectivity index (χ4n) is 3.91. The number of alkyl carbamates (subject to hydrolysis) is 1. The maximum atomic E-state index is 13.0. The van der Waals surface area contributed by atoms with Crippen LogP contribution in [0.3, 0.4) is 0 Å². The van der Waals surface area contributed by atoms with Gasteiger partial charge in [0.05, 0.1) is 0 Å². The van der Waals surface area contributed by atoms with Gasteiger partial charge in [-0.2, -0.15) is 0 Å². The molecule has 1 saturated carbocycles. The first-order chi connectivity index (χ1) is 15.5. The summed E-state index contributed by atoms with van der Waals surface area (Å²) in [6.45, 7) is 8.57. The van der Waals surface area contributed by atoms with Gasteiger partial charge in [0.15, 0.2) is 0 Å². The predicted octanol–water partition coefficient (Wildman–Crippen LogP) is 4.88. The van der Waals surface area contributed by atoms with Crippen molar-refractivity contribution in [3.8, 4) is 0 Å². The molecule has 0 heterocycles. The number of rotatable bonds is 9. The second-order valence-corrected chi connectivity index (χ2v) is 10.5. The minimum Gasteiger partial charge on any atom is -0.459 e. The molecule has 1 aromatic rings. The molecule has 2 rings (SSSR count). The Balaban J connectivity index is 2.01. The van der Waals surface area contributed by atoms with Crippen molar-refractivity contribution in [2.45, 2.75) is 103 Å². The van der Waals surface area contributed by atoms with E-state index in [2.05, 4.69) is 10.6 Å².